The Morgan fingerprint density at radius 3 is 2.07 bits per heavy atom. The molecule has 0 amide bonds. The highest BCUT2D eigenvalue weighted by Crippen LogP contribution is 2.42. The highest BCUT2D eigenvalue weighted by molar-refractivity contribution is 7.26. The summed E-state index contributed by atoms with van der Waals surface area (Å²) in [5, 5.41) is 10.9. The fraction of sp³-hybridized carbons (Fsp3) is 0. The van der Waals surface area contributed by atoms with E-state index in [-0.39, 0.29) is 0 Å². The number of hydrogen-bond donors (Lipinski definition) is 0. The van der Waals surface area contributed by atoms with Crippen molar-refractivity contribution in [3.05, 3.63) is 140 Å². The summed E-state index contributed by atoms with van der Waals surface area (Å²) in [6.45, 7) is 0. The van der Waals surface area contributed by atoms with Gasteiger partial charge in [0.25, 0.3) is 0 Å². The SMILES string of the molecule is c1ccc2cc3c(cc2c1)c1c2ccccc2ccc1n3-c1nc(-c2cccc3c2sc2ccccc23)c2ccccc2n1. The molecule has 3 nitrogen and oxygen atoms in total. The van der Waals surface area contributed by atoms with Crippen molar-refractivity contribution in [1.82, 2.24) is 14.5 Å². The molecule has 0 saturated heterocycles. The van der Waals surface area contributed by atoms with Gasteiger partial charge in [0.05, 0.1) is 22.2 Å². The summed E-state index contributed by atoms with van der Waals surface area (Å²) in [5.74, 6) is 0.683. The molecule has 0 saturated carbocycles. The first-order valence-electron chi connectivity index (χ1n) is 14.8. The van der Waals surface area contributed by atoms with Crippen LogP contribution in [0.25, 0.3) is 91.6 Å². The lowest BCUT2D eigenvalue weighted by atomic mass is 10.0. The zero-order valence-electron chi connectivity index (χ0n) is 23.5. The van der Waals surface area contributed by atoms with E-state index in [9.17, 15) is 0 Å². The molecule has 204 valence electrons. The van der Waals surface area contributed by atoms with E-state index in [0.29, 0.717) is 5.95 Å². The van der Waals surface area contributed by atoms with Gasteiger partial charge in [-0.1, -0.05) is 109 Å². The molecule has 3 aromatic heterocycles. The first-order valence-corrected chi connectivity index (χ1v) is 15.7. The predicted molar refractivity (Wildman–Crippen MR) is 187 cm³/mol. The zero-order valence-corrected chi connectivity index (χ0v) is 24.3. The van der Waals surface area contributed by atoms with Crippen LogP contribution in [0.3, 0.4) is 0 Å². The molecule has 0 N–H and O–H groups in total. The molecule has 0 aliphatic carbocycles. The maximum Gasteiger partial charge on any atom is 0.235 e. The minimum Gasteiger partial charge on any atom is -0.278 e. The molecule has 10 rings (SSSR count). The molecule has 0 radical (unpaired) electrons. The molecular formula is C40H23N3S. The number of rotatable bonds is 2. The summed E-state index contributed by atoms with van der Waals surface area (Å²) in [6.07, 6.45) is 0. The Hall–Kier alpha value is -5.58. The molecule has 3 heterocycles. The summed E-state index contributed by atoms with van der Waals surface area (Å²) in [5.41, 5.74) is 5.24. The number of aromatic nitrogens is 3. The van der Waals surface area contributed by atoms with Crippen LogP contribution in [0.2, 0.25) is 0 Å². The van der Waals surface area contributed by atoms with Gasteiger partial charge in [0, 0.05) is 41.9 Å². The van der Waals surface area contributed by atoms with Crippen molar-refractivity contribution in [1.29, 1.82) is 0 Å². The summed E-state index contributed by atoms with van der Waals surface area (Å²) in [4.78, 5) is 10.7. The van der Waals surface area contributed by atoms with E-state index < -0.39 is 0 Å². The molecule has 0 aliphatic heterocycles. The van der Waals surface area contributed by atoms with Crippen molar-refractivity contribution in [3.8, 4) is 17.2 Å². The number of benzene rings is 7. The Balaban J connectivity index is 1.36. The second-order valence-corrected chi connectivity index (χ2v) is 12.5. The van der Waals surface area contributed by atoms with Crippen molar-refractivity contribution >= 4 is 85.8 Å². The quantitative estimate of drug-likeness (QED) is 0.205. The summed E-state index contributed by atoms with van der Waals surface area (Å²) in [7, 11) is 0. The van der Waals surface area contributed by atoms with Crippen LogP contribution in [-0.4, -0.2) is 14.5 Å². The van der Waals surface area contributed by atoms with Gasteiger partial charge < -0.3 is 0 Å². The third-order valence-electron chi connectivity index (χ3n) is 8.97. The maximum atomic E-state index is 5.45. The van der Waals surface area contributed by atoms with E-state index in [2.05, 4.69) is 144 Å². The predicted octanol–water partition coefficient (Wildman–Crippen LogP) is 11.1. The molecule has 0 unspecified atom stereocenters. The largest absolute Gasteiger partial charge is 0.278 e. The monoisotopic (exact) mass is 577 g/mol. The lowest BCUT2D eigenvalue weighted by molar-refractivity contribution is 1.02. The number of nitrogens with zero attached hydrogens (tertiary/aromatic N) is 3. The third-order valence-corrected chi connectivity index (χ3v) is 10.2. The van der Waals surface area contributed by atoms with Crippen LogP contribution >= 0.6 is 11.3 Å². The van der Waals surface area contributed by atoms with Crippen LogP contribution in [0.4, 0.5) is 0 Å². The molecule has 0 aliphatic rings. The highest BCUT2D eigenvalue weighted by atomic mass is 32.1. The smallest absolute Gasteiger partial charge is 0.235 e. The minimum absolute atomic E-state index is 0.683. The van der Waals surface area contributed by atoms with Gasteiger partial charge in [-0.3, -0.25) is 4.57 Å². The van der Waals surface area contributed by atoms with Crippen molar-refractivity contribution in [2.75, 3.05) is 0 Å². The van der Waals surface area contributed by atoms with Crippen LogP contribution in [-0.2, 0) is 0 Å². The van der Waals surface area contributed by atoms with Gasteiger partial charge in [0.15, 0.2) is 0 Å². The fourth-order valence-corrected chi connectivity index (χ4v) is 8.21. The minimum atomic E-state index is 0.683. The second kappa shape index (κ2) is 8.96. The van der Waals surface area contributed by atoms with E-state index >= 15 is 0 Å². The molecule has 7 aromatic carbocycles. The maximum absolute atomic E-state index is 5.45. The average molecular weight is 578 g/mol. The second-order valence-electron chi connectivity index (χ2n) is 11.4. The molecule has 0 atom stereocenters. The molecule has 0 spiro atoms. The van der Waals surface area contributed by atoms with Crippen molar-refractivity contribution in [3.63, 3.8) is 0 Å². The van der Waals surface area contributed by atoms with Gasteiger partial charge in [0.2, 0.25) is 5.95 Å². The molecular weight excluding hydrogens is 555 g/mol. The summed E-state index contributed by atoms with van der Waals surface area (Å²) >= 11 is 1.84. The Morgan fingerprint density at radius 2 is 1.18 bits per heavy atom. The van der Waals surface area contributed by atoms with Gasteiger partial charge in [-0.05, 0) is 51.9 Å². The van der Waals surface area contributed by atoms with Gasteiger partial charge in [-0.15, -0.1) is 11.3 Å². The summed E-state index contributed by atoms with van der Waals surface area (Å²) < 4.78 is 4.81. The molecule has 0 bridgehead atoms. The van der Waals surface area contributed by atoms with Crippen LogP contribution in [0, 0.1) is 0 Å². The Kier molecular flexibility index (Phi) is 4.87. The average Bonchev–Trinajstić information content (AvgIpc) is 3.62. The van der Waals surface area contributed by atoms with E-state index in [4.69, 9.17) is 9.97 Å². The van der Waals surface area contributed by atoms with E-state index in [1.807, 2.05) is 11.3 Å². The van der Waals surface area contributed by atoms with Crippen LogP contribution in [0.15, 0.2) is 140 Å². The third kappa shape index (κ3) is 3.31. The number of hydrogen-bond acceptors (Lipinski definition) is 3. The zero-order chi connectivity index (χ0) is 28.8. The number of para-hydroxylation sites is 1. The van der Waals surface area contributed by atoms with Crippen molar-refractivity contribution < 1.29 is 0 Å². The number of fused-ring (bicyclic) bond motifs is 10. The Morgan fingerprint density at radius 1 is 0.477 bits per heavy atom. The van der Waals surface area contributed by atoms with Gasteiger partial charge in [0.1, 0.15) is 0 Å². The number of thiophene rings is 1. The van der Waals surface area contributed by atoms with Crippen LogP contribution in [0.1, 0.15) is 0 Å². The van der Waals surface area contributed by atoms with Crippen molar-refractivity contribution in [2.45, 2.75) is 0 Å². The molecule has 0 fully saturated rings. The van der Waals surface area contributed by atoms with Crippen LogP contribution < -0.4 is 0 Å². The molecule has 4 heteroatoms. The first-order chi connectivity index (χ1) is 21.8. The molecule has 44 heavy (non-hydrogen) atoms. The fourth-order valence-electron chi connectivity index (χ4n) is 6.99. The first kappa shape index (κ1) is 23.9. The summed E-state index contributed by atoms with van der Waals surface area (Å²) in [6, 6.07) is 50.0. The van der Waals surface area contributed by atoms with Crippen LogP contribution in [0.5, 0.6) is 0 Å². The Bertz CT molecular complexity index is 2790. The highest BCUT2D eigenvalue weighted by Gasteiger charge is 2.20. The van der Waals surface area contributed by atoms with Gasteiger partial charge in [-0.25, -0.2) is 9.97 Å². The standard InChI is InChI=1S/C40H23N3S/c1-2-12-26-23-35-32(22-25(26)11-1)37-27-13-4-3-10-24(27)20-21-34(37)43(35)40-41-33-18-7-5-15-30(33)38(42-40)31-17-9-16-29-28-14-6-8-19-36(28)44-39(29)31/h1-23H. The van der Waals surface area contributed by atoms with E-state index in [0.717, 1.165) is 33.2 Å². The Labute approximate surface area is 256 Å². The molecule has 10 aromatic rings. The van der Waals surface area contributed by atoms with E-state index in [1.165, 1.54) is 52.5 Å². The van der Waals surface area contributed by atoms with Crippen molar-refractivity contribution in [2.24, 2.45) is 0 Å². The topological polar surface area (TPSA) is 30.7 Å². The normalized spacial score (nSPS) is 12.1. The van der Waals surface area contributed by atoms with E-state index in [1.54, 1.807) is 0 Å². The lowest BCUT2D eigenvalue weighted by Gasteiger charge is -2.12. The van der Waals surface area contributed by atoms with Gasteiger partial charge in [-0.2, -0.15) is 0 Å². The van der Waals surface area contributed by atoms with Gasteiger partial charge >= 0.3 is 0 Å². The lowest BCUT2D eigenvalue weighted by Crippen LogP contribution is -2.03.